The highest BCUT2D eigenvalue weighted by Gasteiger charge is 2.27. The first-order valence-corrected chi connectivity index (χ1v) is 9.09. The zero-order valence-corrected chi connectivity index (χ0v) is 15.7. The van der Waals surface area contributed by atoms with Gasteiger partial charge in [-0.25, -0.2) is 4.39 Å². The van der Waals surface area contributed by atoms with Crippen molar-refractivity contribution in [3.05, 3.63) is 99.5 Å². The van der Waals surface area contributed by atoms with Gasteiger partial charge in [-0.3, -0.25) is 4.79 Å². The zero-order chi connectivity index (χ0) is 18.8. The second-order valence-electron chi connectivity index (χ2n) is 6.03. The zero-order valence-electron chi connectivity index (χ0n) is 14.1. The fraction of sp³-hybridized carbons (Fsp3) is 0.0455. The summed E-state index contributed by atoms with van der Waals surface area (Å²) >= 11 is 3.41. The molecule has 0 N–H and O–H groups in total. The first-order chi connectivity index (χ1) is 13.1. The van der Waals surface area contributed by atoms with E-state index < -0.39 is 0 Å². The van der Waals surface area contributed by atoms with Crippen LogP contribution in [-0.2, 0) is 6.61 Å². The van der Waals surface area contributed by atoms with E-state index in [4.69, 9.17) is 9.47 Å². The molecule has 1 heterocycles. The van der Waals surface area contributed by atoms with E-state index in [2.05, 4.69) is 15.9 Å². The van der Waals surface area contributed by atoms with E-state index in [-0.39, 0.29) is 24.0 Å². The Bertz CT molecular complexity index is 1060. The number of rotatable bonds is 4. The molecule has 0 radical (unpaired) electrons. The summed E-state index contributed by atoms with van der Waals surface area (Å²) in [6, 6.07) is 19.0. The number of ketones is 1. The highest BCUT2D eigenvalue weighted by molar-refractivity contribution is 9.10. The lowest BCUT2D eigenvalue weighted by atomic mass is 10.1. The summed E-state index contributed by atoms with van der Waals surface area (Å²) in [6.07, 6.45) is 1.70. The molecule has 0 aromatic heterocycles. The molecule has 0 atom stereocenters. The summed E-state index contributed by atoms with van der Waals surface area (Å²) in [4.78, 5) is 12.5. The molecule has 0 saturated carbocycles. The molecule has 0 aliphatic carbocycles. The Morgan fingerprint density at radius 1 is 1.04 bits per heavy atom. The van der Waals surface area contributed by atoms with E-state index in [1.54, 1.807) is 42.5 Å². The fourth-order valence-corrected chi connectivity index (χ4v) is 3.20. The Balaban J connectivity index is 1.53. The maximum absolute atomic E-state index is 13.7. The number of ether oxygens (including phenoxy) is 2. The van der Waals surface area contributed by atoms with E-state index in [1.807, 2.05) is 24.3 Å². The van der Waals surface area contributed by atoms with Crippen LogP contribution in [0.25, 0.3) is 6.08 Å². The van der Waals surface area contributed by atoms with Crippen molar-refractivity contribution in [2.45, 2.75) is 6.61 Å². The van der Waals surface area contributed by atoms with Crippen LogP contribution in [0.3, 0.4) is 0 Å². The Labute approximate surface area is 164 Å². The Morgan fingerprint density at radius 3 is 2.70 bits per heavy atom. The van der Waals surface area contributed by atoms with Gasteiger partial charge < -0.3 is 9.47 Å². The van der Waals surface area contributed by atoms with E-state index in [1.165, 1.54) is 6.07 Å². The number of benzene rings is 3. The van der Waals surface area contributed by atoms with E-state index in [0.29, 0.717) is 22.6 Å². The highest BCUT2D eigenvalue weighted by Crippen LogP contribution is 2.35. The molecule has 1 aliphatic heterocycles. The van der Waals surface area contributed by atoms with Crippen LogP contribution in [0.4, 0.5) is 4.39 Å². The largest absolute Gasteiger partial charge is 0.489 e. The van der Waals surface area contributed by atoms with Crippen molar-refractivity contribution < 1.29 is 18.7 Å². The molecule has 0 bridgehead atoms. The number of Topliss-reactive ketones (excluding diaryl/α,β-unsaturated/α-hetero) is 1. The highest BCUT2D eigenvalue weighted by atomic mass is 79.9. The quantitative estimate of drug-likeness (QED) is 0.497. The summed E-state index contributed by atoms with van der Waals surface area (Å²) in [5.74, 6) is 0.713. The van der Waals surface area contributed by atoms with Gasteiger partial charge in [0.25, 0.3) is 0 Å². The molecule has 0 fully saturated rings. The van der Waals surface area contributed by atoms with E-state index in [9.17, 15) is 9.18 Å². The molecule has 0 spiro atoms. The summed E-state index contributed by atoms with van der Waals surface area (Å²) < 4.78 is 26.0. The van der Waals surface area contributed by atoms with Crippen molar-refractivity contribution in [2.75, 3.05) is 0 Å². The predicted molar refractivity (Wildman–Crippen MR) is 104 cm³/mol. The lowest BCUT2D eigenvalue weighted by molar-refractivity contribution is 0.101. The topological polar surface area (TPSA) is 35.5 Å². The first-order valence-electron chi connectivity index (χ1n) is 8.30. The van der Waals surface area contributed by atoms with Crippen molar-refractivity contribution in [3.63, 3.8) is 0 Å². The predicted octanol–water partition coefficient (Wildman–Crippen LogP) is 5.78. The molecule has 0 saturated heterocycles. The van der Waals surface area contributed by atoms with Gasteiger partial charge in [-0.15, -0.1) is 0 Å². The molecule has 3 aromatic carbocycles. The molecule has 5 heteroatoms. The number of carbonyl (C=O) groups is 1. The van der Waals surface area contributed by atoms with E-state index >= 15 is 0 Å². The van der Waals surface area contributed by atoms with Crippen LogP contribution in [0.5, 0.6) is 11.5 Å². The third-order valence-electron chi connectivity index (χ3n) is 4.14. The molecule has 3 nitrogen and oxygen atoms in total. The van der Waals surface area contributed by atoms with Crippen molar-refractivity contribution >= 4 is 27.8 Å². The maximum Gasteiger partial charge on any atom is 0.231 e. The van der Waals surface area contributed by atoms with Gasteiger partial charge >= 0.3 is 0 Å². The number of halogens is 2. The lowest BCUT2D eigenvalue weighted by Gasteiger charge is -2.08. The number of hydrogen-bond donors (Lipinski definition) is 0. The number of allylic oxidation sites excluding steroid dienone is 1. The van der Waals surface area contributed by atoms with Crippen LogP contribution >= 0.6 is 15.9 Å². The molecular formula is C22H14BrFO3. The molecule has 4 rings (SSSR count). The summed E-state index contributed by atoms with van der Waals surface area (Å²) in [6.45, 7) is 0.0974. The Hall–Kier alpha value is -2.92. The Morgan fingerprint density at radius 2 is 1.89 bits per heavy atom. The fourth-order valence-electron chi connectivity index (χ4n) is 2.78. The van der Waals surface area contributed by atoms with Crippen molar-refractivity contribution in [1.82, 2.24) is 0 Å². The van der Waals surface area contributed by atoms with Crippen LogP contribution in [0, 0.1) is 5.82 Å². The third kappa shape index (κ3) is 3.78. The van der Waals surface area contributed by atoms with Gasteiger partial charge in [0.15, 0.2) is 5.76 Å². The van der Waals surface area contributed by atoms with Gasteiger partial charge in [-0.1, -0.05) is 46.3 Å². The standard InChI is InChI=1S/C22H14BrFO3/c23-16-6-3-4-14(10-16)11-21-22(25)18-9-8-17(12-20(18)27-21)26-13-15-5-1-2-7-19(15)24/h1-12H,13H2/b21-11-. The van der Waals surface area contributed by atoms with Gasteiger partial charge in [-0.2, -0.15) is 0 Å². The van der Waals surface area contributed by atoms with Crippen molar-refractivity contribution in [1.29, 1.82) is 0 Å². The number of carbonyl (C=O) groups excluding carboxylic acids is 1. The summed E-state index contributed by atoms with van der Waals surface area (Å²) in [5, 5.41) is 0. The van der Waals surface area contributed by atoms with Crippen molar-refractivity contribution in [2.24, 2.45) is 0 Å². The van der Waals surface area contributed by atoms with Gasteiger partial charge in [0.1, 0.15) is 23.9 Å². The van der Waals surface area contributed by atoms with Crippen LogP contribution in [0.1, 0.15) is 21.5 Å². The smallest absolute Gasteiger partial charge is 0.231 e. The maximum atomic E-state index is 13.7. The SMILES string of the molecule is O=C1/C(=C/c2cccc(Br)c2)Oc2cc(OCc3ccccc3F)ccc21. The lowest BCUT2D eigenvalue weighted by Crippen LogP contribution is -1.98. The molecule has 1 aliphatic rings. The second-order valence-corrected chi connectivity index (χ2v) is 6.95. The van der Waals surface area contributed by atoms with Crippen molar-refractivity contribution in [3.8, 4) is 11.5 Å². The van der Waals surface area contributed by atoms with Crippen LogP contribution in [0.2, 0.25) is 0 Å². The van der Waals surface area contributed by atoms with Crippen LogP contribution < -0.4 is 9.47 Å². The van der Waals surface area contributed by atoms with Gasteiger partial charge in [0.2, 0.25) is 5.78 Å². The molecule has 0 amide bonds. The normalized spacial score (nSPS) is 14.1. The molecular weight excluding hydrogens is 411 g/mol. The Kier molecular flexibility index (Phi) is 4.77. The first kappa shape index (κ1) is 17.5. The molecule has 3 aromatic rings. The molecule has 0 unspecified atom stereocenters. The van der Waals surface area contributed by atoms with Gasteiger partial charge in [0.05, 0.1) is 5.56 Å². The minimum absolute atomic E-state index is 0.0974. The number of fused-ring (bicyclic) bond motifs is 1. The van der Waals surface area contributed by atoms with Gasteiger partial charge in [0, 0.05) is 16.1 Å². The minimum atomic E-state index is -0.315. The molecule has 27 heavy (non-hydrogen) atoms. The minimum Gasteiger partial charge on any atom is -0.489 e. The molecule has 134 valence electrons. The third-order valence-corrected chi connectivity index (χ3v) is 4.63. The van der Waals surface area contributed by atoms with Crippen LogP contribution in [-0.4, -0.2) is 5.78 Å². The average Bonchev–Trinajstić information content (AvgIpc) is 2.96. The van der Waals surface area contributed by atoms with Crippen LogP contribution in [0.15, 0.2) is 77.0 Å². The summed E-state index contributed by atoms with van der Waals surface area (Å²) in [7, 11) is 0. The summed E-state index contributed by atoms with van der Waals surface area (Å²) in [5.41, 5.74) is 1.80. The average molecular weight is 425 g/mol. The van der Waals surface area contributed by atoms with E-state index in [0.717, 1.165) is 10.0 Å². The number of hydrogen-bond acceptors (Lipinski definition) is 3. The second kappa shape index (κ2) is 7.37. The monoisotopic (exact) mass is 424 g/mol. The van der Waals surface area contributed by atoms with Gasteiger partial charge in [-0.05, 0) is 42.0 Å².